The van der Waals surface area contributed by atoms with E-state index in [4.69, 9.17) is 15.2 Å². The summed E-state index contributed by atoms with van der Waals surface area (Å²) in [6.07, 6.45) is 0.519. The van der Waals surface area contributed by atoms with Crippen LogP contribution >= 0.6 is 0 Å². The molecule has 1 aromatic carbocycles. The van der Waals surface area contributed by atoms with Gasteiger partial charge in [-0.05, 0) is 38.5 Å². The number of morpholine rings is 1. The molecule has 3 atom stereocenters. The average Bonchev–Trinajstić information content (AvgIpc) is 2.41. The molecule has 1 aliphatic rings. The minimum Gasteiger partial charge on any atom is -0.494 e. The van der Waals surface area contributed by atoms with Gasteiger partial charge in [-0.1, -0.05) is 12.1 Å². The Labute approximate surface area is 121 Å². The molecular weight excluding hydrogens is 252 g/mol. The lowest BCUT2D eigenvalue weighted by atomic mass is 10.0. The molecule has 2 rings (SSSR count). The van der Waals surface area contributed by atoms with Crippen molar-refractivity contribution in [2.75, 3.05) is 26.2 Å². The molecule has 0 radical (unpaired) electrons. The van der Waals surface area contributed by atoms with Crippen LogP contribution in [0, 0.1) is 0 Å². The Morgan fingerprint density at radius 2 is 1.85 bits per heavy atom. The zero-order valence-corrected chi connectivity index (χ0v) is 12.7. The zero-order valence-electron chi connectivity index (χ0n) is 12.7. The molecule has 0 saturated carbocycles. The van der Waals surface area contributed by atoms with Crippen LogP contribution < -0.4 is 10.5 Å². The van der Waals surface area contributed by atoms with Crippen LogP contribution in [0.4, 0.5) is 0 Å². The van der Waals surface area contributed by atoms with E-state index in [2.05, 4.69) is 30.9 Å². The molecule has 4 heteroatoms. The van der Waals surface area contributed by atoms with Crippen LogP contribution in [0.1, 0.15) is 32.4 Å². The number of ether oxygens (including phenoxy) is 2. The van der Waals surface area contributed by atoms with Gasteiger partial charge in [-0.3, -0.25) is 4.90 Å². The van der Waals surface area contributed by atoms with Gasteiger partial charge >= 0.3 is 0 Å². The van der Waals surface area contributed by atoms with E-state index in [0.29, 0.717) is 13.2 Å². The van der Waals surface area contributed by atoms with Gasteiger partial charge in [0, 0.05) is 25.7 Å². The molecular formula is C16H26N2O2. The van der Waals surface area contributed by atoms with Crippen LogP contribution in [-0.2, 0) is 4.74 Å². The maximum absolute atomic E-state index is 6.01. The van der Waals surface area contributed by atoms with E-state index in [-0.39, 0.29) is 18.2 Å². The minimum atomic E-state index is 0.250. The van der Waals surface area contributed by atoms with Crippen molar-refractivity contribution in [3.63, 3.8) is 0 Å². The molecule has 1 saturated heterocycles. The van der Waals surface area contributed by atoms with Gasteiger partial charge in [-0.2, -0.15) is 0 Å². The molecule has 0 bridgehead atoms. The largest absolute Gasteiger partial charge is 0.494 e. The normalized spacial score (nSPS) is 25.4. The molecule has 1 fully saturated rings. The lowest BCUT2D eigenvalue weighted by Crippen LogP contribution is -2.48. The summed E-state index contributed by atoms with van der Waals surface area (Å²) in [6, 6.07) is 8.53. The average molecular weight is 278 g/mol. The van der Waals surface area contributed by atoms with E-state index in [1.165, 1.54) is 5.56 Å². The van der Waals surface area contributed by atoms with Crippen LogP contribution in [0.15, 0.2) is 24.3 Å². The van der Waals surface area contributed by atoms with Gasteiger partial charge in [0.2, 0.25) is 0 Å². The first-order valence-corrected chi connectivity index (χ1v) is 7.46. The van der Waals surface area contributed by atoms with Crippen molar-refractivity contribution < 1.29 is 9.47 Å². The lowest BCUT2D eigenvalue weighted by molar-refractivity contribution is -0.0799. The number of nitrogens with zero attached hydrogens (tertiary/aromatic N) is 1. The first-order chi connectivity index (χ1) is 9.63. The summed E-state index contributed by atoms with van der Waals surface area (Å²) in [4.78, 5) is 2.43. The second kappa shape index (κ2) is 7.07. The number of rotatable bonds is 5. The standard InChI is InChI=1S/C16H26N2O2/c1-4-19-15-7-5-14(6-8-15)16(9-17)18-10-12(2)20-13(3)11-18/h5-8,12-13,16H,4,9-11,17H2,1-3H3/t12-,13+,16?. The Balaban J connectivity index is 2.10. The van der Waals surface area contributed by atoms with Gasteiger partial charge in [0.1, 0.15) is 5.75 Å². The quantitative estimate of drug-likeness (QED) is 0.897. The van der Waals surface area contributed by atoms with Gasteiger partial charge < -0.3 is 15.2 Å². The summed E-state index contributed by atoms with van der Waals surface area (Å²) < 4.78 is 11.3. The molecule has 4 nitrogen and oxygen atoms in total. The second-order valence-corrected chi connectivity index (χ2v) is 5.46. The Morgan fingerprint density at radius 1 is 1.25 bits per heavy atom. The molecule has 1 heterocycles. The predicted octanol–water partition coefficient (Wildman–Crippen LogP) is 2.19. The van der Waals surface area contributed by atoms with Crippen LogP contribution in [0.3, 0.4) is 0 Å². The van der Waals surface area contributed by atoms with Crippen molar-refractivity contribution in [1.29, 1.82) is 0 Å². The van der Waals surface area contributed by atoms with Crippen LogP contribution in [0.5, 0.6) is 5.75 Å². The van der Waals surface area contributed by atoms with Crippen molar-refractivity contribution in [1.82, 2.24) is 4.90 Å². The lowest BCUT2D eigenvalue weighted by Gasteiger charge is -2.40. The highest BCUT2D eigenvalue weighted by molar-refractivity contribution is 5.29. The van der Waals surface area contributed by atoms with Crippen LogP contribution in [0.2, 0.25) is 0 Å². The topological polar surface area (TPSA) is 47.7 Å². The highest BCUT2D eigenvalue weighted by Crippen LogP contribution is 2.25. The summed E-state index contributed by atoms with van der Waals surface area (Å²) in [5.74, 6) is 0.913. The third-order valence-corrected chi connectivity index (χ3v) is 3.69. The maximum atomic E-state index is 6.01. The Morgan fingerprint density at radius 3 is 2.35 bits per heavy atom. The van der Waals surface area contributed by atoms with Crippen LogP contribution in [0.25, 0.3) is 0 Å². The summed E-state index contributed by atoms with van der Waals surface area (Å²) in [5, 5.41) is 0. The van der Waals surface area contributed by atoms with Crippen molar-refractivity contribution in [3.8, 4) is 5.75 Å². The minimum absolute atomic E-state index is 0.250. The highest BCUT2D eigenvalue weighted by atomic mass is 16.5. The molecule has 0 amide bonds. The van der Waals surface area contributed by atoms with Gasteiger partial charge in [-0.15, -0.1) is 0 Å². The van der Waals surface area contributed by atoms with E-state index in [9.17, 15) is 0 Å². The summed E-state index contributed by atoms with van der Waals surface area (Å²) in [5.41, 5.74) is 7.26. The van der Waals surface area contributed by atoms with Crippen molar-refractivity contribution in [2.24, 2.45) is 5.73 Å². The van der Waals surface area contributed by atoms with Crippen molar-refractivity contribution in [2.45, 2.75) is 39.0 Å². The van der Waals surface area contributed by atoms with Crippen LogP contribution in [-0.4, -0.2) is 43.3 Å². The fraction of sp³-hybridized carbons (Fsp3) is 0.625. The van der Waals surface area contributed by atoms with Gasteiger partial charge in [0.05, 0.1) is 18.8 Å². The molecule has 0 aliphatic carbocycles. The number of nitrogens with two attached hydrogens (primary N) is 1. The monoisotopic (exact) mass is 278 g/mol. The number of hydrogen-bond acceptors (Lipinski definition) is 4. The fourth-order valence-corrected chi connectivity index (χ4v) is 2.92. The molecule has 0 spiro atoms. The van der Waals surface area contributed by atoms with Gasteiger partial charge in [0.15, 0.2) is 0 Å². The number of benzene rings is 1. The first kappa shape index (κ1) is 15.3. The van der Waals surface area contributed by atoms with E-state index >= 15 is 0 Å². The van der Waals surface area contributed by atoms with E-state index in [1.807, 2.05) is 19.1 Å². The Bertz CT molecular complexity index is 397. The van der Waals surface area contributed by atoms with E-state index < -0.39 is 0 Å². The fourth-order valence-electron chi connectivity index (χ4n) is 2.92. The smallest absolute Gasteiger partial charge is 0.119 e. The molecule has 1 aliphatic heterocycles. The molecule has 2 N–H and O–H groups in total. The Kier molecular flexibility index (Phi) is 5.40. The summed E-state index contributed by atoms with van der Waals surface area (Å²) in [6.45, 7) is 9.40. The summed E-state index contributed by atoms with van der Waals surface area (Å²) in [7, 11) is 0. The molecule has 1 aromatic rings. The SMILES string of the molecule is CCOc1ccc(C(CN)N2C[C@@H](C)O[C@@H](C)C2)cc1. The van der Waals surface area contributed by atoms with E-state index in [0.717, 1.165) is 18.8 Å². The van der Waals surface area contributed by atoms with E-state index in [1.54, 1.807) is 0 Å². The first-order valence-electron chi connectivity index (χ1n) is 7.46. The third kappa shape index (κ3) is 3.72. The van der Waals surface area contributed by atoms with Gasteiger partial charge in [0.25, 0.3) is 0 Å². The predicted molar refractivity (Wildman–Crippen MR) is 81.0 cm³/mol. The zero-order chi connectivity index (χ0) is 14.5. The molecule has 112 valence electrons. The summed E-state index contributed by atoms with van der Waals surface area (Å²) >= 11 is 0. The Hall–Kier alpha value is -1.10. The van der Waals surface area contributed by atoms with Gasteiger partial charge in [-0.25, -0.2) is 0 Å². The second-order valence-electron chi connectivity index (χ2n) is 5.46. The van der Waals surface area contributed by atoms with Crippen molar-refractivity contribution >= 4 is 0 Å². The third-order valence-electron chi connectivity index (χ3n) is 3.69. The molecule has 20 heavy (non-hydrogen) atoms. The number of hydrogen-bond donors (Lipinski definition) is 1. The molecule has 0 aromatic heterocycles. The maximum Gasteiger partial charge on any atom is 0.119 e. The highest BCUT2D eigenvalue weighted by Gasteiger charge is 2.28. The van der Waals surface area contributed by atoms with Crippen molar-refractivity contribution in [3.05, 3.63) is 29.8 Å². The molecule has 1 unspecified atom stereocenters.